The Morgan fingerprint density at radius 2 is 0.571 bits per heavy atom. The van der Waals surface area contributed by atoms with Crippen molar-refractivity contribution in [2.45, 2.75) is 213 Å². The van der Waals surface area contributed by atoms with Crippen LogP contribution in [0.4, 0.5) is 0 Å². The van der Waals surface area contributed by atoms with Gasteiger partial charge in [0.1, 0.15) is 6.61 Å². The van der Waals surface area contributed by atoms with Gasteiger partial charge in [0.2, 0.25) is 0 Å². The highest BCUT2D eigenvalue weighted by atomic mass is 16.6. The van der Waals surface area contributed by atoms with Crippen molar-refractivity contribution in [2.24, 2.45) is 0 Å². The van der Waals surface area contributed by atoms with Gasteiger partial charge in [-0.2, -0.15) is 0 Å². The summed E-state index contributed by atoms with van der Waals surface area (Å²) in [6, 6.07) is 0. The topological polar surface area (TPSA) is 72.8 Å². The normalized spacial score (nSPS) is 13.6. The van der Waals surface area contributed by atoms with Crippen LogP contribution in [-0.2, 0) is 19.1 Å². The lowest BCUT2D eigenvalue weighted by Crippen LogP contribution is -2.28. The number of hydrogen-bond acceptors (Lipinski definition) is 5. The molecule has 0 spiro atoms. The molecule has 390 valence electrons. The molecule has 70 heavy (non-hydrogen) atoms. The van der Waals surface area contributed by atoms with Gasteiger partial charge in [0.25, 0.3) is 0 Å². The van der Waals surface area contributed by atoms with Crippen molar-refractivity contribution in [3.05, 3.63) is 170 Å². The molecular weight excluding hydrogens is 861 g/mol. The van der Waals surface area contributed by atoms with Crippen LogP contribution in [-0.4, -0.2) is 36.4 Å². The third kappa shape index (κ3) is 55.9. The molecule has 0 amide bonds. The summed E-state index contributed by atoms with van der Waals surface area (Å²) >= 11 is 0. The Balaban J connectivity index is 3.66. The van der Waals surface area contributed by atoms with Gasteiger partial charge < -0.3 is 14.6 Å². The average molecular weight is 962 g/mol. The quantitative estimate of drug-likeness (QED) is 0.0374. The van der Waals surface area contributed by atoms with E-state index in [4.69, 9.17) is 9.47 Å². The molecule has 0 aliphatic heterocycles. The molecular formula is C65H100O5. The molecule has 0 rings (SSSR count). The molecule has 1 unspecified atom stereocenters. The molecule has 1 N–H and O–H groups in total. The minimum Gasteiger partial charge on any atom is -0.462 e. The van der Waals surface area contributed by atoms with Crippen molar-refractivity contribution in [1.82, 2.24) is 0 Å². The Morgan fingerprint density at radius 3 is 0.871 bits per heavy atom. The van der Waals surface area contributed by atoms with Crippen molar-refractivity contribution >= 4 is 11.9 Å². The summed E-state index contributed by atoms with van der Waals surface area (Å²) in [6.45, 7) is 3.86. The minimum absolute atomic E-state index is 0.0982. The lowest BCUT2D eigenvalue weighted by molar-refractivity contribution is -0.161. The number of aliphatic hydroxyl groups is 1. The van der Waals surface area contributed by atoms with Gasteiger partial charge in [-0.15, -0.1) is 0 Å². The highest BCUT2D eigenvalue weighted by Gasteiger charge is 2.16. The first kappa shape index (κ1) is 65.3. The maximum atomic E-state index is 12.3. The van der Waals surface area contributed by atoms with E-state index >= 15 is 0 Å². The number of carbonyl (C=O) groups excluding carboxylic acids is 2. The van der Waals surface area contributed by atoms with Gasteiger partial charge in [0.15, 0.2) is 6.10 Å². The fraction of sp³-hybridized carbons (Fsp3) is 0.538. The Bertz CT molecular complexity index is 1600. The van der Waals surface area contributed by atoms with Gasteiger partial charge >= 0.3 is 11.9 Å². The second-order valence-electron chi connectivity index (χ2n) is 17.5. The van der Waals surface area contributed by atoms with Gasteiger partial charge in [0.05, 0.1) is 6.61 Å². The van der Waals surface area contributed by atoms with Gasteiger partial charge in [-0.3, -0.25) is 9.59 Å². The van der Waals surface area contributed by atoms with Crippen LogP contribution in [0.15, 0.2) is 170 Å². The van der Waals surface area contributed by atoms with Crippen molar-refractivity contribution < 1.29 is 24.2 Å². The number of aliphatic hydroxyl groups excluding tert-OH is 1. The molecule has 0 heterocycles. The van der Waals surface area contributed by atoms with Crippen LogP contribution in [0.3, 0.4) is 0 Å². The highest BCUT2D eigenvalue weighted by Crippen LogP contribution is 2.13. The first-order chi connectivity index (χ1) is 34.6. The molecule has 5 nitrogen and oxygen atoms in total. The van der Waals surface area contributed by atoms with Crippen molar-refractivity contribution in [3.63, 3.8) is 0 Å². The van der Waals surface area contributed by atoms with E-state index in [1.165, 1.54) is 38.5 Å². The maximum Gasteiger partial charge on any atom is 0.306 e. The minimum atomic E-state index is -0.805. The molecule has 0 aromatic heterocycles. The number of carbonyl (C=O) groups is 2. The summed E-state index contributed by atoms with van der Waals surface area (Å²) < 4.78 is 10.7. The Morgan fingerprint density at radius 1 is 0.329 bits per heavy atom. The van der Waals surface area contributed by atoms with Crippen LogP contribution in [0.5, 0.6) is 0 Å². The molecule has 0 aliphatic carbocycles. The van der Waals surface area contributed by atoms with E-state index in [0.29, 0.717) is 12.8 Å². The summed E-state index contributed by atoms with van der Waals surface area (Å²) in [5, 5.41) is 9.65. The number of ether oxygens (including phenoxy) is 2. The van der Waals surface area contributed by atoms with Crippen LogP contribution in [0.25, 0.3) is 0 Å². The molecule has 1 atom stereocenters. The third-order valence-corrected chi connectivity index (χ3v) is 11.0. The van der Waals surface area contributed by atoms with Gasteiger partial charge in [0, 0.05) is 12.8 Å². The second kappa shape index (κ2) is 58.6. The van der Waals surface area contributed by atoms with Crippen LogP contribution < -0.4 is 0 Å². The molecule has 0 saturated carbocycles. The summed E-state index contributed by atoms with van der Waals surface area (Å²) in [5.41, 5.74) is 0. The summed E-state index contributed by atoms with van der Waals surface area (Å²) in [5.74, 6) is -0.650. The lowest BCUT2D eigenvalue weighted by atomic mass is 10.1. The van der Waals surface area contributed by atoms with Gasteiger partial charge in [-0.25, -0.2) is 0 Å². The van der Waals surface area contributed by atoms with E-state index in [-0.39, 0.29) is 25.2 Å². The number of esters is 2. The predicted octanol–water partition coefficient (Wildman–Crippen LogP) is 19.0. The Kier molecular flexibility index (Phi) is 54.6. The van der Waals surface area contributed by atoms with Crippen LogP contribution >= 0.6 is 0 Å². The molecule has 0 aromatic rings. The summed E-state index contributed by atoms with van der Waals surface area (Å²) in [4.78, 5) is 24.5. The lowest BCUT2D eigenvalue weighted by Gasteiger charge is -2.15. The van der Waals surface area contributed by atoms with Crippen LogP contribution in [0, 0.1) is 0 Å². The zero-order valence-electron chi connectivity index (χ0n) is 44.5. The Labute approximate surface area is 430 Å². The highest BCUT2D eigenvalue weighted by molar-refractivity contribution is 5.70. The third-order valence-electron chi connectivity index (χ3n) is 11.0. The van der Waals surface area contributed by atoms with Gasteiger partial charge in [-0.1, -0.05) is 235 Å². The zero-order valence-corrected chi connectivity index (χ0v) is 44.5. The monoisotopic (exact) mass is 961 g/mol. The van der Waals surface area contributed by atoms with E-state index in [1.807, 2.05) is 0 Å². The number of unbranched alkanes of at least 4 members (excludes halogenated alkanes) is 12. The fourth-order valence-corrected chi connectivity index (χ4v) is 6.93. The van der Waals surface area contributed by atoms with Gasteiger partial charge in [-0.05, 0) is 128 Å². The fourth-order valence-electron chi connectivity index (χ4n) is 6.93. The van der Waals surface area contributed by atoms with E-state index in [9.17, 15) is 14.7 Å². The van der Waals surface area contributed by atoms with E-state index in [1.54, 1.807) is 0 Å². The standard InChI is InChI=1S/C65H100O5/c1-3-5-7-9-11-13-15-17-19-21-23-25-27-29-30-31-32-33-34-36-38-40-42-44-46-48-50-52-54-56-58-60-65(68)70-63(61-66)62-69-64(67)59-57-55-53-51-49-47-45-43-41-39-37-35-28-26-24-22-20-18-16-14-12-10-8-6-4-2/h5-8,11-14,17-20,23-26,29-30,32-33,35-38,41,43,47,49,63,66H,3-4,9-10,15-16,21-22,27-28,31,34,39-40,42,44-46,48,50-62H2,1-2H3/b7-5-,8-6-,13-11-,14-12-,19-17-,20-18-,25-23-,26-24-,30-29-,33-32-,37-35-,38-36-,43-41-,49-47-. The molecule has 0 fully saturated rings. The van der Waals surface area contributed by atoms with E-state index < -0.39 is 6.10 Å². The molecule has 0 bridgehead atoms. The predicted molar refractivity (Wildman–Crippen MR) is 306 cm³/mol. The second-order valence-corrected chi connectivity index (χ2v) is 17.5. The summed E-state index contributed by atoms with van der Waals surface area (Å²) in [7, 11) is 0. The summed E-state index contributed by atoms with van der Waals surface area (Å²) in [6.07, 6.45) is 91.6. The SMILES string of the molecule is CC/C=C\C/C=C\C/C=C\C/C=C\C/C=C\C/C=C\C/C=C\CCCCCCCCCCCC(=O)OC(CO)COC(=O)CCCCC/C=C\C/C=C\C/C=C\C/C=C\C/C=C\C/C=C\C/C=C\CC. The largest absolute Gasteiger partial charge is 0.462 e. The zero-order chi connectivity index (χ0) is 50.6. The van der Waals surface area contributed by atoms with Crippen molar-refractivity contribution in [1.29, 1.82) is 0 Å². The first-order valence-corrected chi connectivity index (χ1v) is 27.7. The van der Waals surface area contributed by atoms with E-state index in [2.05, 4.69) is 184 Å². The molecule has 0 aromatic carbocycles. The first-order valence-electron chi connectivity index (χ1n) is 27.7. The van der Waals surface area contributed by atoms with Crippen molar-refractivity contribution in [3.8, 4) is 0 Å². The average Bonchev–Trinajstić information content (AvgIpc) is 3.36. The molecule has 0 saturated heterocycles. The molecule has 5 heteroatoms. The van der Waals surface area contributed by atoms with Crippen molar-refractivity contribution in [2.75, 3.05) is 13.2 Å². The maximum absolute atomic E-state index is 12.3. The number of hydrogen-bond donors (Lipinski definition) is 1. The molecule has 0 radical (unpaired) electrons. The number of rotatable bonds is 48. The molecule has 0 aliphatic rings. The number of allylic oxidation sites excluding steroid dienone is 28. The van der Waals surface area contributed by atoms with Crippen LogP contribution in [0.1, 0.15) is 206 Å². The van der Waals surface area contributed by atoms with E-state index in [0.717, 1.165) is 141 Å². The smallest absolute Gasteiger partial charge is 0.306 e. The van der Waals surface area contributed by atoms with Crippen LogP contribution in [0.2, 0.25) is 0 Å². The Hall–Kier alpha value is -4.74.